The first-order valence-electron chi connectivity index (χ1n) is 11.0. The summed E-state index contributed by atoms with van der Waals surface area (Å²) in [5.74, 6) is 0.0612. The number of amides is 2. The summed E-state index contributed by atoms with van der Waals surface area (Å²) in [6, 6.07) is 19.6. The van der Waals surface area contributed by atoms with Gasteiger partial charge in [-0.1, -0.05) is 66.7 Å². The highest BCUT2D eigenvalue weighted by molar-refractivity contribution is 5.93. The standard InChI is InChI=1S/C26H27N3O3/c1-2-19-8-11-21(12-9-19)23-18-24(32-28-23)27-26(31)22-14-16-29(17-15-22)25(30)13-10-20-6-4-3-5-7-20/h3-13,18,22H,2,14-17H2,1H3,(H,27,31)/b13-10+. The number of carbonyl (C=O) groups is 2. The van der Waals surface area contributed by atoms with E-state index in [1.807, 2.05) is 48.5 Å². The summed E-state index contributed by atoms with van der Waals surface area (Å²) in [5, 5.41) is 6.90. The Morgan fingerprint density at radius 3 is 2.50 bits per heavy atom. The Bertz CT molecular complexity index is 1080. The van der Waals surface area contributed by atoms with Crippen molar-refractivity contribution in [3.8, 4) is 11.3 Å². The number of likely N-dealkylation sites (tertiary alicyclic amines) is 1. The van der Waals surface area contributed by atoms with Crippen LogP contribution < -0.4 is 5.32 Å². The molecule has 2 heterocycles. The van der Waals surface area contributed by atoms with E-state index in [4.69, 9.17) is 4.52 Å². The Morgan fingerprint density at radius 2 is 1.81 bits per heavy atom. The fourth-order valence-electron chi connectivity index (χ4n) is 3.80. The second-order valence-corrected chi connectivity index (χ2v) is 7.96. The Labute approximate surface area is 187 Å². The molecule has 1 fully saturated rings. The highest BCUT2D eigenvalue weighted by Gasteiger charge is 2.27. The van der Waals surface area contributed by atoms with E-state index in [-0.39, 0.29) is 17.7 Å². The van der Waals surface area contributed by atoms with Crippen LogP contribution in [0, 0.1) is 5.92 Å². The molecule has 3 aromatic rings. The van der Waals surface area contributed by atoms with E-state index in [0.717, 1.165) is 17.5 Å². The summed E-state index contributed by atoms with van der Waals surface area (Å²) in [6.07, 6.45) is 5.64. The van der Waals surface area contributed by atoms with Crippen LogP contribution in [-0.2, 0) is 16.0 Å². The van der Waals surface area contributed by atoms with Gasteiger partial charge < -0.3 is 9.42 Å². The smallest absolute Gasteiger partial charge is 0.246 e. The summed E-state index contributed by atoms with van der Waals surface area (Å²) >= 11 is 0. The minimum Gasteiger partial charge on any atom is -0.339 e. The summed E-state index contributed by atoms with van der Waals surface area (Å²) in [6.45, 7) is 3.23. The fourth-order valence-corrected chi connectivity index (χ4v) is 3.80. The molecule has 1 aliphatic rings. The number of hydrogen-bond donors (Lipinski definition) is 1. The van der Waals surface area contributed by atoms with Crippen LogP contribution in [0.4, 0.5) is 5.88 Å². The summed E-state index contributed by atoms with van der Waals surface area (Å²) < 4.78 is 5.31. The minimum absolute atomic E-state index is 0.0262. The Kier molecular flexibility index (Phi) is 6.80. The molecule has 1 N–H and O–H groups in total. The molecular formula is C26H27N3O3. The SMILES string of the molecule is CCc1ccc(-c2cc(NC(=O)C3CCN(C(=O)/C=C/c4ccccc4)CC3)on2)cc1. The maximum Gasteiger partial charge on any atom is 0.246 e. The van der Waals surface area contributed by atoms with Crippen LogP contribution >= 0.6 is 0 Å². The average Bonchev–Trinajstić information content (AvgIpc) is 3.31. The van der Waals surface area contributed by atoms with Gasteiger partial charge in [0.15, 0.2) is 0 Å². The zero-order valence-electron chi connectivity index (χ0n) is 18.2. The molecule has 0 bridgehead atoms. The van der Waals surface area contributed by atoms with Crippen molar-refractivity contribution < 1.29 is 14.1 Å². The molecule has 32 heavy (non-hydrogen) atoms. The number of benzene rings is 2. The van der Waals surface area contributed by atoms with Gasteiger partial charge in [-0.3, -0.25) is 14.9 Å². The van der Waals surface area contributed by atoms with Crippen LogP contribution in [0.3, 0.4) is 0 Å². The first-order chi connectivity index (χ1) is 15.6. The quantitative estimate of drug-likeness (QED) is 0.572. The van der Waals surface area contributed by atoms with Crippen LogP contribution in [0.5, 0.6) is 0 Å². The Hall–Kier alpha value is -3.67. The number of aromatic nitrogens is 1. The summed E-state index contributed by atoms with van der Waals surface area (Å²) in [4.78, 5) is 26.9. The molecule has 0 spiro atoms. The minimum atomic E-state index is -0.158. The van der Waals surface area contributed by atoms with E-state index < -0.39 is 0 Å². The Morgan fingerprint density at radius 1 is 1.09 bits per heavy atom. The number of carbonyl (C=O) groups excluding carboxylic acids is 2. The fraction of sp³-hybridized carbons (Fsp3) is 0.269. The van der Waals surface area contributed by atoms with Gasteiger partial charge >= 0.3 is 0 Å². The van der Waals surface area contributed by atoms with Gasteiger partial charge in [0.1, 0.15) is 5.69 Å². The van der Waals surface area contributed by atoms with Gasteiger partial charge in [0.2, 0.25) is 17.7 Å². The number of piperidine rings is 1. The van der Waals surface area contributed by atoms with Gasteiger partial charge in [-0.25, -0.2) is 0 Å². The van der Waals surface area contributed by atoms with E-state index in [2.05, 4.69) is 29.5 Å². The van der Waals surface area contributed by atoms with Gasteiger partial charge in [0.05, 0.1) is 0 Å². The molecule has 6 nitrogen and oxygen atoms in total. The van der Waals surface area contributed by atoms with E-state index in [9.17, 15) is 9.59 Å². The van der Waals surface area contributed by atoms with E-state index in [0.29, 0.717) is 37.5 Å². The normalized spacial score (nSPS) is 14.6. The first kappa shape index (κ1) is 21.6. The second-order valence-electron chi connectivity index (χ2n) is 7.96. The van der Waals surface area contributed by atoms with E-state index in [1.54, 1.807) is 17.0 Å². The molecule has 0 saturated carbocycles. The molecule has 2 aromatic carbocycles. The number of rotatable bonds is 6. The van der Waals surface area contributed by atoms with Gasteiger partial charge in [0.25, 0.3) is 0 Å². The lowest BCUT2D eigenvalue weighted by Gasteiger charge is -2.30. The molecular weight excluding hydrogens is 402 g/mol. The molecule has 1 aromatic heterocycles. The van der Waals surface area contributed by atoms with Crippen molar-refractivity contribution in [2.24, 2.45) is 5.92 Å². The van der Waals surface area contributed by atoms with Crippen LogP contribution in [0.1, 0.15) is 30.9 Å². The van der Waals surface area contributed by atoms with Gasteiger partial charge in [-0.2, -0.15) is 0 Å². The monoisotopic (exact) mass is 429 g/mol. The van der Waals surface area contributed by atoms with Crippen molar-refractivity contribution in [1.29, 1.82) is 0 Å². The maximum atomic E-state index is 12.7. The average molecular weight is 430 g/mol. The molecule has 2 amide bonds. The van der Waals surface area contributed by atoms with Gasteiger partial charge in [0, 0.05) is 36.7 Å². The topological polar surface area (TPSA) is 75.4 Å². The predicted octanol–water partition coefficient (Wildman–Crippen LogP) is 4.79. The summed E-state index contributed by atoms with van der Waals surface area (Å²) in [7, 11) is 0. The van der Waals surface area contributed by atoms with Crippen LogP contribution in [0.25, 0.3) is 17.3 Å². The van der Waals surface area contributed by atoms with Crippen LogP contribution in [0.15, 0.2) is 71.3 Å². The van der Waals surface area contributed by atoms with Crippen LogP contribution in [-0.4, -0.2) is 35.0 Å². The van der Waals surface area contributed by atoms with E-state index >= 15 is 0 Å². The van der Waals surface area contributed by atoms with Crippen LogP contribution in [0.2, 0.25) is 0 Å². The lowest BCUT2D eigenvalue weighted by atomic mass is 9.96. The maximum absolute atomic E-state index is 12.7. The lowest BCUT2D eigenvalue weighted by Crippen LogP contribution is -2.40. The molecule has 1 saturated heterocycles. The molecule has 0 radical (unpaired) electrons. The van der Waals surface area contributed by atoms with Gasteiger partial charge in [-0.15, -0.1) is 0 Å². The third-order valence-electron chi connectivity index (χ3n) is 5.81. The molecule has 4 rings (SSSR count). The predicted molar refractivity (Wildman–Crippen MR) is 125 cm³/mol. The molecule has 6 heteroatoms. The number of anilines is 1. The highest BCUT2D eigenvalue weighted by atomic mass is 16.5. The molecule has 164 valence electrons. The van der Waals surface area contributed by atoms with Crippen molar-refractivity contribution in [1.82, 2.24) is 10.1 Å². The number of nitrogens with zero attached hydrogens (tertiary/aromatic N) is 2. The molecule has 0 aliphatic carbocycles. The van der Waals surface area contributed by atoms with Gasteiger partial charge in [-0.05, 0) is 36.5 Å². The zero-order valence-corrected chi connectivity index (χ0v) is 18.2. The molecule has 1 aliphatic heterocycles. The second kappa shape index (κ2) is 10.1. The van der Waals surface area contributed by atoms with Crippen molar-refractivity contribution >= 4 is 23.8 Å². The number of hydrogen-bond acceptors (Lipinski definition) is 4. The third kappa shape index (κ3) is 5.32. The van der Waals surface area contributed by atoms with Crippen molar-refractivity contribution in [2.75, 3.05) is 18.4 Å². The molecule has 0 unspecified atom stereocenters. The number of aryl methyl sites for hydroxylation is 1. The molecule has 0 atom stereocenters. The summed E-state index contributed by atoms with van der Waals surface area (Å²) in [5.41, 5.74) is 3.88. The lowest BCUT2D eigenvalue weighted by molar-refractivity contribution is -0.130. The largest absolute Gasteiger partial charge is 0.339 e. The van der Waals surface area contributed by atoms with Crippen molar-refractivity contribution in [3.63, 3.8) is 0 Å². The van der Waals surface area contributed by atoms with Crippen molar-refractivity contribution in [3.05, 3.63) is 77.9 Å². The first-order valence-corrected chi connectivity index (χ1v) is 11.0. The number of nitrogens with one attached hydrogen (secondary N) is 1. The zero-order chi connectivity index (χ0) is 22.3. The Balaban J connectivity index is 1.28. The van der Waals surface area contributed by atoms with Crippen molar-refractivity contribution in [2.45, 2.75) is 26.2 Å². The van der Waals surface area contributed by atoms with E-state index in [1.165, 1.54) is 5.56 Å². The highest BCUT2D eigenvalue weighted by Crippen LogP contribution is 2.24. The third-order valence-corrected chi connectivity index (χ3v) is 5.81.